The van der Waals surface area contributed by atoms with Gasteiger partial charge in [-0.15, -0.1) is 0 Å². The van der Waals surface area contributed by atoms with Crippen molar-refractivity contribution < 1.29 is 19.1 Å². The van der Waals surface area contributed by atoms with Crippen LogP contribution in [0.5, 0.6) is 0 Å². The van der Waals surface area contributed by atoms with Crippen LogP contribution in [0.15, 0.2) is 11.6 Å². The van der Waals surface area contributed by atoms with Crippen molar-refractivity contribution in [2.45, 2.75) is 89.4 Å². The van der Waals surface area contributed by atoms with E-state index in [0.717, 1.165) is 44.9 Å². The highest BCUT2D eigenvalue weighted by Crippen LogP contribution is 2.70. The summed E-state index contributed by atoms with van der Waals surface area (Å²) in [6.45, 7) is 6.42. The molecule has 158 valence electrons. The van der Waals surface area contributed by atoms with Gasteiger partial charge >= 0.3 is 5.97 Å². The minimum Gasteiger partial charge on any atom is -0.458 e. The van der Waals surface area contributed by atoms with Gasteiger partial charge in [0.15, 0.2) is 10.9 Å². The Balaban J connectivity index is 1.56. The first kappa shape index (κ1) is 19.8. The second-order valence-corrected chi connectivity index (χ2v) is 12.1. The predicted molar refractivity (Wildman–Crippen MR) is 112 cm³/mol. The predicted octanol–water partition coefficient (Wildman–Crippen LogP) is 4.85. The smallest absolute Gasteiger partial charge is 0.306 e. The molecule has 5 heteroatoms. The van der Waals surface area contributed by atoms with Gasteiger partial charge in [0.05, 0.1) is 0 Å². The van der Waals surface area contributed by atoms with E-state index in [0.29, 0.717) is 30.6 Å². The van der Waals surface area contributed by atoms with E-state index >= 15 is 0 Å². The van der Waals surface area contributed by atoms with Crippen LogP contribution in [-0.4, -0.2) is 27.7 Å². The second kappa shape index (κ2) is 6.45. The van der Waals surface area contributed by atoms with Gasteiger partial charge in [-0.3, -0.25) is 14.4 Å². The Kier molecular flexibility index (Phi) is 4.41. The Bertz CT molecular complexity index is 818. The Hall–Kier alpha value is -1.10. The maximum absolute atomic E-state index is 12.2. The van der Waals surface area contributed by atoms with Crippen LogP contribution in [0.1, 0.15) is 78.6 Å². The third-order valence-electron chi connectivity index (χ3n) is 9.61. The Morgan fingerprint density at radius 3 is 2.52 bits per heavy atom. The van der Waals surface area contributed by atoms with Gasteiger partial charge in [-0.05, 0) is 74.2 Å². The molecule has 1 heterocycles. The standard InChI is InChI=1S/C24H32O4S/c1-14(25)29-19-13-15-12-16(26)4-8-22(15,2)17-5-9-23(3)18(21(17)19)6-10-24(23)11-7-20(27)28-24/h12,17-19,21H,4-11,13H2,1-3H3/t17?,18-,19+,21?,22?,23+,24+/m0/s1. The number of hydrogen-bond acceptors (Lipinski definition) is 5. The van der Waals surface area contributed by atoms with Gasteiger partial charge in [0, 0.05) is 30.4 Å². The van der Waals surface area contributed by atoms with Gasteiger partial charge in [0.1, 0.15) is 5.60 Å². The molecule has 5 aliphatic rings. The number of thioether (sulfide) groups is 1. The van der Waals surface area contributed by atoms with Crippen molar-refractivity contribution in [3.8, 4) is 0 Å². The zero-order valence-corrected chi connectivity index (χ0v) is 18.6. The molecule has 0 aromatic carbocycles. The van der Waals surface area contributed by atoms with Gasteiger partial charge in [0.25, 0.3) is 0 Å². The average Bonchev–Trinajstić information content (AvgIpc) is 3.17. The lowest BCUT2D eigenvalue weighted by Gasteiger charge is -2.61. The van der Waals surface area contributed by atoms with Crippen LogP contribution >= 0.6 is 11.8 Å². The summed E-state index contributed by atoms with van der Waals surface area (Å²) < 4.78 is 6.06. The summed E-state index contributed by atoms with van der Waals surface area (Å²) in [7, 11) is 0. The van der Waals surface area contributed by atoms with Crippen molar-refractivity contribution in [2.75, 3.05) is 0 Å². The normalized spacial score (nSPS) is 48.6. The molecule has 3 unspecified atom stereocenters. The molecule has 0 amide bonds. The number of hydrogen-bond donors (Lipinski definition) is 0. The first-order chi connectivity index (χ1) is 13.7. The van der Waals surface area contributed by atoms with Crippen LogP contribution in [0.25, 0.3) is 0 Å². The Morgan fingerprint density at radius 1 is 1.07 bits per heavy atom. The van der Waals surface area contributed by atoms with Gasteiger partial charge in [-0.1, -0.05) is 31.2 Å². The molecule has 4 aliphatic carbocycles. The van der Waals surface area contributed by atoms with Crippen molar-refractivity contribution in [3.63, 3.8) is 0 Å². The summed E-state index contributed by atoms with van der Waals surface area (Å²) in [5, 5.41) is 0.409. The highest BCUT2D eigenvalue weighted by Gasteiger charge is 2.68. The minimum atomic E-state index is -0.287. The zero-order valence-electron chi connectivity index (χ0n) is 17.8. The van der Waals surface area contributed by atoms with Crippen LogP contribution in [-0.2, 0) is 19.1 Å². The maximum atomic E-state index is 12.2. The van der Waals surface area contributed by atoms with E-state index in [4.69, 9.17) is 4.74 Å². The van der Waals surface area contributed by atoms with E-state index in [2.05, 4.69) is 13.8 Å². The lowest BCUT2D eigenvalue weighted by Crippen LogP contribution is -2.57. The SMILES string of the molecule is CC(=O)S[C@@H]1CC2=CC(=O)CCC2(C)C2CC[C@]3(C)[C@@H](CC[C@@]34CCC(=O)O4)C21. The van der Waals surface area contributed by atoms with Crippen LogP contribution in [0.3, 0.4) is 0 Å². The molecule has 1 spiro atoms. The maximum Gasteiger partial charge on any atom is 0.306 e. The van der Waals surface area contributed by atoms with Crippen molar-refractivity contribution >= 4 is 28.6 Å². The molecule has 0 bridgehead atoms. The molecule has 1 saturated heterocycles. The summed E-state index contributed by atoms with van der Waals surface area (Å²) in [5.74, 6) is 1.67. The Morgan fingerprint density at radius 2 is 1.83 bits per heavy atom. The minimum absolute atomic E-state index is 0.0119. The molecule has 0 radical (unpaired) electrons. The highest BCUT2D eigenvalue weighted by atomic mass is 32.2. The van der Waals surface area contributed by atoms with Crippen LogP contribution in [0.4, 0.5) is 0 Å². The number of carbonyl (C=O) groups is 3. The van der Waals surface area contributed by atoms with Crippen molar-refractivity contribution in [3.05, 3.63) is 11.6 Å². The fourth-order valence-corrected chi connectivity index (χ4v) is 9.36. The number of rotatable bonds is 1. The largest absolute Gasteiger partial charge is 0.458 e. The van der Waals surface area contributed by atoms with E-state index < -0.39 is 0 Å². The first-order valence-corrected chi connectivity index (χ1v) is 12.2. The van der Waals surface area contributed by atoms with Crippen molar-refractivity contribution in [2.24, 2.45) is 28.6 Å². The summed E-state index contributed by atoms with van der Waals surface area (Å²) >= 11 is 1.50. The van der Waals surface area contributed by atoms with E-state index in [1.165, 1.54) is 17.3 Å². The van der Waals surface area contributed by atoms with Crippen molar-refractivity contribution in [1.29, 1.82) is 0 Å². The fourth-order valence-electron chi connectivity index (χ4n) is 8.13. The molecule has 3 saturated carbocycles. The first-order valence-electron chi connectivity index (χ1n) is 11.3. The number of allylic oxidation sites excluding steroid dienone is 1. The molecule has 4 fully saturated rings. The van der Waals surface area contributed by atoms with Crippen molar-refractivity contribution in [1.82, 2.24) is 0 Å². The van der Waals surface area contributed by atoms with Crippen LogP contribution in [0, 0.1) is 28.6 Å². The summed E-state index contributed by atoms with van der Waals surface area (Å²) in [6.07, 6.45) is 10.0. The molecule has 5 rings (SSSR count). The van der Waals surface area contributed by atoms with Gasteiger partial charge in [-0.25, -0.2) is 0 Å². The summed E-state index contributed by atoms with van der Waals surface area (Å²) in [5.41, 5.74) is 1.09. The number of ketones is 1. The molecular weight excluding hydrogens is 384 g/mol. The molecule has 0 N–H and O–H groups in total. The molecular formula is C24H32O4S. The quantitative estimate of drug-likeness (QED) is 0.572. The number of esters is 1. The van der Waals surface area contributed by atoms with Crippen LogP contribution < -0.4 is 0 Å². The topological polar surface area (TPSA) is 60.4 Å². The number of carbonyl (C=O) groups excluding carboxylic acids is 3. The summed E-state index contributed by atoms with van der Waals surface area (Å²) in [4.78, 5) is 36.4. The highest BCUT2D eigenvalue weighted by molar-refractivity contribution is 8.14. The fraction of sp³-hybridized carbons (Fsp3) is 0.792. The van der Waals surface area contributed by atoms with E-state index in [1.54, 1.807) is 6.92 Å². The number of fused-ring (bicyclic) bond motifs is 6. The average molecular weight is 417 g/mol. The van der Waals surface area contributed by atoms with E-state index in [-0.39, 0.29) is 38.5 Å². The lowest BCUT2D eigenvalue weighted by atomic mass is 9.46. The third kappa shape index (κ3) is 2.68. The van der Waals surface area contributed by atoms with Gasteiger partial charge in [-0.2, -0.15) is 0 Å². The molecule has 4 nitrogen and oxygen atoms in total. The van der Waals surface area contributed by atoms with Gasteiger partial charge < -0.3 is 4.74 Å². The second-order valence-electron chi connectivity index (χ2n) is 10.7. The van der Waals surface area contributed by atoms with E-state index in [1.807, 2.05) is 6.08 Å². The number of ether oxygens (including phenoxy) is 1. The molecule has 1 aliphatic heterocycles. The molecule has 0 aromatic heterocycles. The van der Waals surface area contributed by atoms with Gasteiger partial charge in [0.2, 0.25) is 0 Å². The molecule has 29 heavy (non-hydrogen) atoms. The Labute approximate surface area is 177 Å². The molecule has 0 aromatic rings. The summed E-state index contributed by atoms with van der Waals surface area (Å²) in [6, 6.07) is 0. The van der Waals surface area contributed by atoms with Crippen LogP contribution in [0.2, 0.25) is 0 Å². The zero-order chi connectivity index (χ0) is 20.6. The van der Waals surface area contributed by atoms with E-state index in [9.17, 15) is 14.4 Å². The molecule has 7 atom stereocenters. The third-order valence-corrected chi connectivity index (χ3v) is 10.7. The lowest BCUT2D eigenvalue weighted by molar-refractivity contribution is -0.167. The monoisotopic (exact) mass is 416 g/mol.